The van der Waals surface area contributed by atoms with Gasteiger partial charge in [0.05, 0.1) is 5.56 Å². The molecule has 0 radical (unpaired) electrons. The summed E-state index contributed by atoms with van der Waals surface area (Å²) in [6, 6.07) is 11.8. The van der Waals surface area contributed by atoms with Gasteiger partial charge in [0.25, 0.3) is 11.7 Å². The van der Waals surface area contributed by atoms with Crippen LogP contribution in [0.2, 0.25) is 0 Å². The minimum Gasteiger partial charge on any atom is -0.337 e. The Morgan fingerprint density at radius 2 is 1.82 bits per heavy atom. The summed E-state index contributed by atoms with van der Waals surface area (Å²) in [7, 11) is 0. The highest BCUT2D eigenvalue weighted by Gasteiger charge is 2.30. The van der Waals surface area contributed by atoms with Crippen LogP contribution in [-0.4, -0.2) is 46.2 Å². The molecule has 7 heteroatoms. The van der Waals surface area contributed by atoms with E-state index >= 15 is 0 Å². The third-order valence-corrected chi connectivity index (χ3v) is 6.43. The van der Waals surface area contributed by atoms with E-state index in [1.54, 1.807) is 27.8 Å². The van der Waals surface area contributed by atoms with Crippen LogP contribution in [0.1, 0.15) is 43.1 Å². The summed E-state index contributed by atoms with van der Waals surface area (Å²) < 4.78 is 15.4. The first-order chi connectivity index (χ1) is 15.8. The molecule has 1 aromatic heterocycles. The molecule has 2 heterocycles. The Labute approximate surface area is 192 Å². The first-order valence-corrected chi connectivity index (χ1v) is 11.4. The minimum absolute atomic E-state index is 0.00834. The van der Waals surface area contributed by atoms with Crippen LogP contribution < -0.4 is 4.90 Å². The molecule has 172 valence electrons. The predicted octanol–water partition coefficient (Wildman–Crippen LogP) is 4.20. The van der Waals surface area contributed by atoms with Crippen LogP contribution in [0.4, 0.5) is 10.1 Å². The second-order valence-corrected chi connectivity index (χ2v) is 8.42. The molecule has 0 aliphatic carbocycles. The number of rotatable bonds is 6. The lowest BCUT2D eigenvalue weighted by Gasteiger charge is -2.35. The molecule has 3 aromatic rings. The van der Waals surface area contributed by atoms with E-state index in [2.05, 4.69) is 0 Å². The number of aromatic nitrogens is 1. The number of hydrogen-bond acceptors (Lipinski definition) is 3. The summed E-state index contributed by atoms with van der Waals surface area (Å²) in [5.74, 6) is -1.58. The number of amides is 2. The highest BCUT2D eigenvalue weighted by atomic mass is 19.1. The van der Waals surface area contributed by atoms with E-state index in [0.29, 0.717) is 29.6 Å². The molecular formula is C26H28FN3O3. The molecular weight excluding hydrogens is 421 g/mol. The van der Waals surface area contributed by atoms with Crippen molar-refractivity contribution >= 4 is 34.2 Å². The molecule has 2 aromatic carbocycles. The highest BCUT2D eigenvalue weighted by Crippen LogP contribution is 2.32. The second-order valence-electron chi connectivity index (χ2n) is 8.42. The van der Waals surface area contributed by atoms with Gasteiger partial charge in [-0.25, -0.2) is 4.39 Å². The van der Waals surface area contributed by atoms with Crippen LogP contribution in [0.15, 0.2) is 48.7 Å². The maximum atomic E-state index is 13.7. The summed E-state index contributed by atoms with van der Waals surface area (Å²) in [6.07, 6.45) is 3.07. The van der Waals surface area contributed by atoms with Gasteiger partial charge in [-0.1, -0.05) is 18.2 Å². The smallest absolute Gasteiger partial charge is 0.295 e. The predicted molar refractivity (Wildman–Crippen MR) is 126 cm³/mol. The van der Waals surface area contributed by atoms with Crippen molar-refractivity contribution in [2.75, 3.05) is 18.0 Å². The lowest BCUT2D eigenvalue weighted by molar-refractivity contribution is -0.126. The van der Waals surface area contributed by atoms with Gasteiger partial charge in [-0.15, -0.1) is 0 Å². The van der Waals surface area contributed by atoms with Gasteiger partial charge >= 0.3 is 0 Å². The van der Waals surface area contributed by atoms with Crippen molar-refractivity contribution in [1.29, 1.82) is 0 Å². The number of fused-ring (bicyclic) bond motifs is 2. The number of nitrogens with zero attached hydrogens (tertiary/aromatic N) is 3. The van der Waals surface area contributed by atoms with E-state index in [4.69, 9.17) is 0 Å². The average molecular weight is 450 g/mol. The standard InChI is InChI=1S/C26H28FN3O3/c1-4-28(5-2)26(33)25(32)21-15-29(23-9-7-6-8-20(21)23)16-24(31)30-17(3)10-11-18-14-19(27)12-13-22(18)30/h6-9,12-15,17H,4-5,10-11,16H2,1-3H3/t17-/m1/s1. The molecule has 0 bridgehead atoms. The molecule has 0 spiro atoms. The molecule has 0 saturated heterocycles. The summed E-state index contributed by atoms with van der Waals surface area (Å²) in [5.41, 5.74) is 2.55. The molecule has 1 aliphatic heterocycles. The Morgan fingerprint density at radius 1 is 1.09 bits per heavy atom. The number of ketones is 1. The summed E-state index contributed by atoms with van der Waals surface area (Å²) in [5, 5.41) is 0.643. The fraction of sp³-hybridized carbons (Fsp3) is 0.346. The van der Waals surface area contributed by atoms with E-state index in [1.807, 2.05) is 39.0 Å². The average Bonchev–Trinajstić information content (AvgIpc) is 3.17. The number of likely N-dealkylation sites (N-methyl/N-ethyl adjacent to an activating group) is 1. The van der Waals surface area contributed by atoms with E-state index in [1.165, 1.54) is 17.0 Å². The van der Waals surface area contributed by atoms with Crippen LogP contribution in [0.5, 0.6) is 0 Å². The third-order valence-electron chi connectivity index (χ3n) is 6.43. The van der Waals surface area contributed by atoms with Gasteiger partial charge < -0.3 is 14.4 Å². The Kier molecular flexibility index (Phi) is 6.31. The first kappa shape index (κ1) is 22.7. The summed E-state index contributed by atoms with van der Waals surface area (Å²) >= 11 is 0. The molecule has 1 aliphatic rings. The van der Waals surface area contributed by atoms with Crippen LogP contribution in [0.3, 0.4) is 0 Å². The molecule has 0 unspecified atom stereocenters. The fourth-order valence-electron chi connectivity index (χ4n) is 4.65. The van der Waals surface area contributed by atoms with Crippen molar-refractivity contribution in [1.82, 2.24) is 9.47 Å². The van der Waals surface area contributed by atoms with Gasteiger partial charge in [0.2, 0.25) is 5.91 Å². The van der Waals surface area contributed by atoms with Gasteiger partial charge in [-0.3, -0.25) is 14.4 Å². The van der Waals surface area contributed by atoms with Gasteiger partial charge in [-0.05, 0) is 63.4 Å². The third kappa shape index (κ3) is 4.15. The number of para-hydroxylation sites is 1. The normalized spacial score (nSPS) is 15.4. The van der Waals surface area contributed by atoms with Crippen molar-refractivity contribution in [3.05, 3.63) is 65.6 Å². The maximum absolute atomic E-state index is 13.7. The van der Waals surface area contributed by atoms with Gasteiger partial charge in [-0.2, -0.15) is 0 Å². The van der Waals surface area contributed by atoms with E-state index < -0.39 is 11.7 Å². The minimum atomic E-state index is -0.576. The van der Waals surface area contributed by atoms with E-state index in [9.17, 15) is 18.8 Å². The quantitative estimate of drug-likeness (QED) is 0.419. The second kappa shape index (κ2) is 9.17. The Bertz CT molecular complexity index is 1230. The molecule has 0 fully saturated rings. The number of Topliss-reactive ketones (excluding diaryl/α,β-unsaturated/α-hetero) is 1. The topological polar surface area (TPSA) is 62.6 Å². The van der Waals surface area contributed by atoms with Crippen LogP contribution in [0, 0.1) is 5.82 Å². The lowest BCUT2D eigenvalue weighted by atomic mass is 9.96. The molecule has 0 saturated carbocycles. The summed E-state index contributed by atoms with van der Waals surface area (Å²) in [4.78, 5) is 42.4. The molecule has 2 amide bonds. The maximum Gasteiger partial charge on any atom is 0.295 e. The van der Waals surface area contributed by atoms with E-state index in [-0.39, 0.29) is 24.3 Å². The van der Waals surface area contributed by atoms with Crippen molar-refractivity contribution in [2.24, 2.45) is 0 Å². The van der Waals surface area contributed by atoms with Gasteiger partial charge in [0.1, 0.15) is 12.4 Å². The molecule has 1 atom stereocenters. The van der Waals surface area contributed by atoms with Crippen molar-refractivity contribution in [2.45, 2.75) is 46.2 Å². The van der Waals surface area contributed by atoms with E-state index in [0.717, 1.165) is 24.1 Å². The Hall–Kier alpha value is -3.48. The largest absolute Gasteiger partial charge is 0.337 e. The van der Waals surface area contributed by atoms with Crippen molar-refractivity contribution < 1.29 is 18.8 Å². The molecule has 6 nitrogen and oxygen atoms in total. The summed E-state index contributed by atoms with van der Waals surface area (Å²) in [6.45, 7) is 6.56. The molecule has 4 rings (SSSR count). The first-order valence-electron chi connectivity index (χ1n) is 11.4. The molecule has 33 heavy (non-hydrogen) atoms. The SMILES string of the molecule is CCN(CC)C(=O)C(=O)c1cn(CC(=O)N2c3ccc(F)cc3CC[C@H]2C)c2ccccc12. The fourth-order valence-corrected chi connectivity index (χ4v) is 4.65. The number of aryl methyl sites for hydroxylation is 1. The number of halogens is 1. The van der Waals surface area contributed by atoms with Crippen LogP contribution in [-0.2, 0) is 22.6 Å². The zero-order valence-electron chi connectivity index (χ0n) is 19.2. The zero-order chi connectivity index (χ0) is 23.7. The number of hydrogen-bond donors (Lipinski definition) is 0. The monoisotopic (exact) mass is 449 g/mol. The van der Waals surface area contributed by atoms with Crippen LogP contribution >= 0.6 is 0 Å². The zero-order valence-corrected chi connectivity index (χ0v) is 19.2. The van der Waals surface area contributed by atoms with Gasteiger partial charge in [0, 0.05) is 41.9 Å². The number of carbonyl (C=O) groups excluding carboxylic acids is 3. The lowest BCUT2D eigenvalue weighted by Crippen LogP contribution is -2.43. The number of benzene rings is 2. The van der Waals surface area contributed by atoms with Gasteiger partial charge in [0.15, 0.2) is 0 Å². The number of carbonyl (C=O) groups is 3. The Balaban J connectivity index is 1.69. The van der Waals surface area contributed by atoms with Crippen LogP contribution in [0.25, 0.3) is 10.9 Å². The molecule has 0 N–H and O–H groups in total. The Morgan fingerprint density at radius 3 is 2.55 bits per heavy atom. The number of anilines is 1. The van der Waals surface area contributed by atoms with Crippen molar-refractivity contribution in [3.63, 3.8) is 0 Å². The highest BCUT2D eigenvalue weighted by molar-refractivity contribution is 6.44. The van der Waals surface area contributed by atoms with Crippen molar-refractivity contribution in [3.8, 4) is 0 Å².